The number of rotatable bonds is 6. The van der Waals surface area contributed by atoms with Crippen LogP contribution in [0.3, 0.4) is 0 Å². The van der Waals surface area contributed by atoms with Gasteiger partial charge in [-0.1, -0.05) is 25.6 Å². The summed E-state index contributed by atoms with van der Waals surface area (Å²) in [6.45, 7) is 4.24. The van der Waals surface area contributed by atoms with Crippen LogP contribution < -0.4 is 5.32 Å². The van der Waals surface area contributed by atoms with Crippen molar-refractivity contribution in [2.24, 2.45) is 5.92 Å². The molecule has 0 saturated carbocycles. The summed E-state index contributed by atoms with van der Waals surface area (Å²) in [5, 5.41) is 14.0. The molecule has 0 bridgehead atoms. The summed E-state index contributed by atoms with van der Waals surface area (Å²) in [6, 6.07) is 0. The van der Waals surface area contributed by atoms with Gasteiger partial charge in [-0.15, -0.1) is 0 Å². The summed E-state index contributed by atoms with van der Waals surface area (Å²) in [7, 11) is 1.68. The number of hydrogen-bond acceptors (Lipinski definition) is 6. The third-order valence-electron chi connectivity index (χ3n) is 2.09. The molecular weight excluding hydrogens is 240 g/mol. The molecule has 0 aromatic carbocycles. The van der Waals surface area contributed by atoms with Crippen molar-refractivity contribution in [3.05, 3.63) is 16.3 Å². The van der Waals surface area contributed by atoms with E-state index < -0.39 is 4.92 Å². The average molecular weight is 256 g/mol. The van der Waals surface area contributed by atoms with Crippen molar-refractivity contribution < 1.29 is 4.92 Å². The van der Waals surface area contributed by atoms with Gasteiger partial charge in [0, 0.05) is 7.05 Å². The molecule has 0 amide bonds. The molecule has 0 saturated heterocycles. The standard InChI is InChI=1S/C10H16N4O2S/c1-7(2)4-5-17-9-8(14(15)16)6-12-10(11-3)13-9/h6-7H,4-5H2,1-3H3,(H,11,12,13). The van der Waals surface area contributed by atoms with Gasteiger partial charge in [-0.2, -0.15) is 4.98 Å². The van der Waals surface area contributed by atoms with E-state index in [9.17, 15) is 10.1 Å². The quantitative estimate of drug-likeness (QED) is 0.364. The topological polar surface area (TPSA) is 81.0 Å². The normalized spacial score (nSPS) is 10.6. The van der Waals surface area contributed by atoms with Gasteiger partial charge < -0.3 is 5.32 Å². The molecular formula is C10H16N4O2S. The molecule has 1 aromatic rings. The van der Waals surface area contributed by atoms with Crippen LogP contribution in [0.4, 0.5) is 11.6 Å². The minimum atomic E-state index is -0.447. The Hall–Kier alpha value is -1.37. The fraction of sp³-hybridized carbons (Fsp3) is 0.600. The van der Waals surface area contributed by atoms with Crippen molar-refractivity contribution in [3.63, 3.8) is 0 Å². The first-order chi connectivity index (χ1) is 8.04. The van der Waals surface area contributed by atoms with Crippen LogP contribution in [0.1, 0.15) is 20.3 Å². The lowest BCUT2D eigenvalue weighted by atomic mass is 10.2. The monoisotopic (exact) mass is 256 g/mol. The van der Waals surface area contributed by atoms with Gasteiger partial charge in [0.15, 0.2) is 5.03 Å². The summed E-state index contributed by atoms with van der Waals surface area (Å²) in [5.74, 6) is 1.80. The fourth-order valence-corrected chi connectivity index (χ4v) is 2.31. The molecule has 7 heteroatoms. The number of aromatic nitrogens is 2. The van der Waals surface area contributed by atoms with Crippen molar-refractivity contribution >= 4 is 23.4 Å². The van der Waals surface area contributed by atoms with Crippen molar-refractivity contribution in [1.82, 2.24) is 9.97 Å². The van der Waals surface area contributed by atoms with Crippen LogP contribution in [0.2, 0.25) is 0 Å². The van der Waals surface area contributed by atoms with E-state index in [4.69, 9.17) is 0 Å². The number of nitro groups is 1. The second-order valence-corrected chi connectivity index (χ2v) is 5.01. The number of nitrogens with one attached hydrogen (secondary N) is 1. The average Bonchev–Trinajstić information content (AvgIpc) is 2.28. The van der Waals surface area contributed by atoms with E-state index in [1.54, 1.807) is 7.05 Å². The highest BCUT2D eigenvalue weighted by Gasteiger charge is 2.17. The Bertz CT molecular complexity index is 398. The Balaban J connectivity index is 2.82. The van der Waals surface area contributed by atoms with Crippen LogP contribution >= 0.6 is 11.8 Å². The molecule has 0 unspecified atom stereocenters. The second-order valence-electron chi connectivity index (χ2n) is 3.92. The van der Waals surface area contributed by atoms with Gasteiger partial charge in [-0.25, -0.2) is 4.98 Å². The van der Waals surface area contributed by atoms with E-state index in [0.717, 1.165) is 12.2 Å². The second kappa shape index (κ2) is 6.39. The Morgan fingerprint density at radius 2 is 2.29 bits per heavy atom. The first-order valence-corrected chi connectivity index (χ1v) is 6.35. The molecule has 0 aliphatic carbocycles. The zero-order valence-corrected chi connectivity index (χ0v) is 11.0. The number of hydrogen-bond donors (Lipinski definition) is 1. The third-order valence-corrected chi connectivity index (χ3v) is 3.10. The van der Waals surface area contributed by atoms with E-state index in [0.29, 0.717) is 16.9 Å². The summed E-state index contributed by atoms with van der Waals surface area (Å²) < 4.78 is 0. The van der Waals surface area contributed by atoms with E-state index in [1.165, 1.54) is 18.0 Å². The number of anilines is 1. The fourth-order valence-electron chi connectivity index (χ4n) is 1.10. The Morgan fingerprint density at radius 1 is 1.59 bits per heavy atom. The van der Waals surface area contributed by atoms with Gasteiger partial charge in [-0.05, 0) is 18.1 Å². The van der Waals surface area contributed by atoms with Gasteiger partial charge >= 0.3 is 5.69 Å². The van der Waals surface area contributed by atoms with Gasteiger partial charge in [0.05, 0.1) is 4.92 Å². The summed E-state index contributed by atoms with van der Waals surface area (Å²) >= 11 is 1.40. The molecule has 0 fully saturated rings. The highest BCUT2D eigenvalue weighted by molar-refractivity contribution is 7.99. The molecule has 0 atom stereocenters. The Labute approximate surface area is 104 Å². The minimum absolute atomic E-state index is 0.0299. The lowest BCUT2D eigenvalue weighted by molar-refractivity contribution is -0.388. The highest BCUT2D eigenvalue weighted by atomic mass is 32.2. The first kappa shape index (κ1) is 13.7. The predicted molar refractivity (Wildman–Crippen MR) is 68.4 cm³/mol. The molecule has 1 N–H and O–H groups in total. The maximum absolute atomic E-state index is 10.8. The Kier molecular flexibility index (Phi) is 5.14. The van der Waals surface area contributed by atoms with E-state index >= 15 is 0 Å². The maximum Gasteiger partial charge on any atom is 0.319 e. The third kappa shape index (κ3) is 4.18. The predicted octanol–water partition coefficient (Wildman–Crippen LogP) is 2.56. The summed E-state index contributed by atoms with van der Waals surface area (Å²) in [6.07, 6.45) is 2.25. The van der Waals surface area contributed by atoms with Crippen molar-refractivity contribution in [2.75, 3.05) is 18.1 Å². The maximum atomic E-state index is 10.8. The molecule has 0 aliphatic rings. The smallest absolute Gasteiger partial charge is 0.319 e. The molecule has 6 nitrogen and oxygen atoms in total. The van der Waals surface area contributed by atoms with Crippen LogP contribution in [0, 0.1) is 16.0 Å². The molecule has 1 rings (SSSR count). The molecule has 0 spiro atoms. The van der Waals surface area contributed by atoms with Gasteiger partial charge in [0.2, 0.25) is 5.95 Å². The Morgan fingerprint density at radius 3 is 2.82 bits per heavy atom. The zero-order valence-electron chi connectivity index (χ0n) is 10.1. The van der Waals surface area contributed by atoms with Crippen molar-refractivity contribution in [3.8, 4) is 0 Å². The van der Waals surface area contributed by atoms with Crippen LogP contribution in [0.15, 0.2) is 11.2 Å². The molecule has 1 aromatic heterocycles. The molecule has 94 valence electrons. The van der Waals surface area contributed by atoms with Crippen LogP contribution in [-0.4, -0.2) is 27.7 Å². The van der Waals surface area contributed by atoms with Crippen LogP contribution in [0.5, 0.6) is 0 Å². The zero-order chi connectivity index (χ0) is 12.8. The molecule has 0 aliphatic heterocycles. The van der Waals surface area contributed by atoms with Gasteiger partial charge in [-0.3, -0.25) is 10.1 Å². The SMILES string of the molecule is CNc1ncc([N+](=O)[O-])c(SCCC(C)C)n1. The van der Waals surface area contributed by atoms with Gasteiger partial charge in [0.25, 0.3) is 0 Å². The van der Waals surface area contributed by atoms with E-state index in [2.05, 4.69) is 29.1 Å². The van der Waals surface area contributed by atoms with Crippen LogP contribution in [0.25, 0.3) is 0 Å². The number of thioether (sulfide) groups is 1. The number of nitrogens with zero attached hydrogens (tertiary/aromatic N) is 3. The van der Waals surface area contributed by atoms with Crippen molar-refractivity contribution in [1.29, 1.82) is 0 Å². The van der Waals surface area contributed by atoms with E-state index in [-0.39, 0.29) is 5.69 Å². The van der Waals surface area contributed by atoms with Crippen molar-refractivity contribution in [2.45, 2.75) is 25.3 Å². The molecule has 17 heavy (non-hydrogen) atoms. The lowest BCUT2D eigenvalue weighted by Gasteiger charge is -2.05. The molecule has 0 radical (unpaired) electrons. The lowest BCUT2D eigenvalue weighted by Crippen LogP contribution is -2.01. The largest absolute Gasteiger partial charge is 0.357 e. The van der Waals surface area contributed by atoms with Crippen LogP contribution in [-0.2, 0) is 0 Å². The summed E-state index contributed by atoms with van der Waals surface area (Å²) in [5.41, 5.74) is -0.0299. The minimum Gasteiger partial charge on any atom is -0.357 e. The highest BCUT2D eigenvalue weighted by Crippen LogP contribution is 2.28. The summed E-state index contributed by atoms with van der Waals surface area (Å²) in [4.78, 5) is 18.3. The van der Waals surface area contributed by atoms with E-state index in [1.807, 2.05) is 0 Å². The first-order valence-electron chi connectivity index (χ1n) is 5.36. The van der Waals surface area contributed by atoms with Gasteiger partial charge in [0.1, 0.15) is 6.20 Å². The molecule has 1 heterocycles.